The first-order valence-electron chi connectivity index (χ1n) is 7.96. The molecule has 1 unspecified atom stereocenters. The van der Waals surface area contributed by atoms with E-state index in [-0.39, 0.29) is 24.8 Å². The van der Waals surface area contributed by atoms with Crippen LogP contribution < -0.4 is 5.19 Å². The summed E-state index contributed by atoms with van der Waals surface area (Å²) in [5.41, 5.74) is 5.39. The van der Waals surface area contributed by atoms with Crippen LogP contribution in [0.25, 0.3) is 0 Å². The van der Waals surface area contributed by atoms with Gasteiger partial charge >= 0.3 is 24.8 Å². The number of hydrogen-bond donors (Lipinski definition) is 1. The van der Waals surface area contributed by atoms with E-state index in [1.54, 1.807) is 26.0 Å². The third-order valence-corrected chi connectivity index (χ3v) is 6.19. The number of hydrogen-bond acceptors (Lipinski definition) is 1. The van der Waals surface area contributed by atoms with E-state index in [0.29, 0.717) is 11.7 Å². The molecule has 0 radical (unpaired) electrons. The third-order valence-electron chi connectivity index (χ3n) is 4.16. The van der Waals surface area contributed by atoms with E-state index < -0.39 is 8.07 Å². The number of rotatable bonds is 1. The number of benzene rings is 1. The Bertz CT molecular complexity index is 584. The van der Waals surface area contributed by atoms with Crippen molar-refractivity contribution >= 4 is 42.9 Å². The molecule has 0 fully saturated rings. The number of aromatic hydroxyl groups is 1. The number of phenolic OH excluding ortho intramolecular Hbond substituents is 1. The van der Waals surface area contributed by atoms with E-state index in [2.05, 4.69) is 64.3 Å². The molecule has 0 saturated heterocycles. The van der Waals surface area contributed by atoms with Gasteiger partial charge in [-0.1, -0.05) is 57.6 Å². The Labute approximate surface area is 179 Å². The Morgan fingerprint density at radius 1 is 1.00 bits per heavy atom. The van der Waals surface area contributed by atoms with Crippen molar-refractivity contribution in [2.75, 3.05) is 0 Å². The zero-order chi connectivity index (χ0) is 18.4. The predicted molar refractivity (Wildman–Crippen MR) is 117 cm³/mol. The molecule has 0 heterocycles. The molecular weight excluding hydrogens is 403 g/mol. The molecule has 0 bridgehead atoms. The molecule has 1 aromatic rings. The van der Waals surface area contributed by atoms with Gasteiger partial charge in [-0.3, -0.25) is 6.08 Å². The van der Waals surface area contributed by atoms with E-state index in [1.165, 1.54) is 21.9 Å². The summed E-state index contributed by atoms with van der Waals surface area (Å²) in [6.45, 7) is 17.5. The molecule has 0 saturated carbocycles. The summed E-state index contributed by atoms with van der Waals surface area (Å²) in [6.07, 6.45) is 3.36. The van der Waals surface area contributed by atoms with Crippen LogP contribution in [0.2, 0.25) is 19.6 Å². The number of halogens is 2. The molecule has 1 nitrogen and oxygen atoms in total. The Balaban J connectivity index is -0.000000336. The third kappa shape index (κ3) is 9.96. The molecule has 5 heteroatoms. The van der Waals surface area contributed by atoms with Gasteiger partial charge in [0.05, 0.1) is 8.07 Å². The number of phenols is 1. The maximum absolute atomic E-state index is 9.38. The fraction of sp³-hybridized carbons (Fsp3) is 0.450. The molecule has 0 amide bonds. The fourth-order valence-electron chi connectivity index (χ4n) is 2.36. The van der Waals surface area contributed by atoms with Crippen LogP contribution in [0.3, 0.4) is 0 Å². The molecule has 0 spiro atoms. The number of allylic oxidation sites excluding steroid dienone is 4. The van der Waals surface area contributed by atoms with Crippen LogP contribution in [0.15, 0.2) is 34.9 Å². The van der Waals surface area contributed by atoms with Gasteiger partial charge in [0.15, 0.2) is 0 Å². The Morgan fingerprint density at radius 2 is 1.48 bits per heavy atom. The van der Waals surface area contributed by atoms with Crippen molar-refractivity contribution in [1.82, 2.24) is 0 Å². The Morgan fingerprint density at radius 3 is 1.72 bits per heavy atom. The topological polar surface area (TPSA) is 20.2 Å². The minimum absolute atomic E-state index is 0. The molecule has 141 valence electrons. The van der Waals surface area contributed by atoms with Crippen molar-refractivity contribution in [3.05, 3.63) is 46.6 Å². The van der Waals surface area contributed by atoms with E-state index in [1.807, 2.05) is 13.0 Å². The Kier molecular flexibility index (Phi) is 15.5. The van der Waals surface area contributed by atoms with Gasteiger partial charge in [0.2, 0.25) is 0 Å². The van der Waals surface area contributed by atoms with Crippen LogP contribution in [0.1, 0.15) is 33.3 Å². The molecule has 1 aliphatic carbocycles. The van der Waals surface area contributed by atoms with Gasteiger partial charge in [-0.2, -0.15) is 11.1 Å². The second-order valence-electron chi connectivity index (χ2n) is 7.11. The molecular formula is C20H33Cl2OSiTi. The van der Waals surface area contributed by atoms with Crippen LogP contribution in [-0.2, 0) is 20.0 Å². The second-order valence-corrected chi connectivity index (χ2v) is 12.2. The minimum atomic E-state index is -1.26. The van der Waals surface area contributed by atoms with Gasteiger partial charge < -0.3 is 5.11 Å². The van der Waals surface area contributed by atoms with E-state index in [4.69, 9.17) is 0 Å². The summed E-state index contributed by atoms with van der Waals surface area (Å²) in [5.74, 6) is 0.956. The van der Waals surface area contributed by atoms with Crippen molar-refractivity contribution < 1.29 is 25.1 Å². The first-order valence-corrected chi connectivity index (χ1v) is 12.6. The molecule has 0 aliphatic heterocycles. The normalized spacial score (nSPS) is 15.6. The van der Waals surface area contributed by atoms with Crippen molar-refractivity contribution in [3.63, 3.8) is 0 Å². The van der Waals surface area contributed by atoms with Crippen molar-refractivity contribution in [1.29, 1.82) is 0 Å². The van der Waals surface area contributed by atoms with E-state index >= 15 is 0 Å². The van der Waals surface area contributed by atoms with Crippen LogP contribution in [0, 0.1) is 18.9 Å². The zero-order valence-corrected chi connectivity index (χ0v) is 21.0. The second kappa shape index (κ2) is 13.1. The van der Waals surface area contributed by atoms with Gasteiger partial charge in [0, 0.05) is 0 Å². The van der Waals surface area contributed by atoms with Crippen LogP contribution in [0.5, 0.6) is 5.75 Å². The van der Waals surface area contributed by atoms with Crippen molar-refractivity contribution in [2.45, 2.75) is 54.3 Å². The van der Waals surface area contributed by atoms with Crippen LogP contribution in [-0.4, -0.2) is 18.0 Å². The molecule has 2 rings (SSSR count). The van der Waals surface area contributed by atoms with Crippen molar-refractivity contribution in [2.24, 2.45) is 5.92 Å². The van der Waals surface area contributed by atoms with Gasteiger partial charge in [-0.05, 0) is 24.6 Å². The van der Waals surface area contributed by atoms with Gasteiger partial charge in [-0.25, -0.2) is 5.57 Å². The van der Waals surface area contributed by atoms with Crippen LogP contribution >= 0.6 is 24.8 Å². The predicted octanol–water partition coefficient (Wildman–Crippen LogP) is 5.78. The maximum atomic E-state index is 9.38. The quantitative estimate of drug-likeness (QED) is 0.437. The summed E-state index contributed by atoms with van der Waals surface area (Å²) in [7, 11) is -1.26. The van der Waals surface area contributed by atoms with Crippen molar-refractivity contribution in [3.8, 4) is 5.75 Å². The summed E-state index contributed by atoms with van der Waals surface area (Å²) in [6, 6.07) is 5.86. The summed E-state index contributed by atoms with van der Waals surface area (Å²) in [5, 5.41) is 10.7. The molecule has 1 N–H and O–H groups in total. The van der Waals surface area contributed by atoms with E-state index in [9.17, 15) is 5.11 Å². The summed E-state index contributed by atoms with van der Waals surface area (Å²) in [4.78, 5) is 3.25. The molecule has 1 aliphatic rings. The molecule has 1 aromatic carbocycles. The number of aryl methyl sites for hydroxylation is 1. The van der Waals surface area contributed by atoms with Gasteiger partial charge in [0.25, 0.3) is 0 Å². The summed E-state index contributed by atoms with van der Waals surface area (Å²) < 4.78 is 0. The average Bonchev–Trinajstić information content (AvgIpc) is 2.66. The molecule has 25 heavy (non-hydrogen) atoms. The SMILES string of the molecule is CC1=[C-]C(C)C(C)=C1C.Cc1cc(O)cc([Si](C)(C)C)c1.Cl.Cl.[CH2]=[Ti+]. The molecule has 0 aromatic heterocycles. The van der Waals surface area contributed by atoms with Crippen LogP contribution in [0.4, 0.5) is 0 Å². The average molecular weight is 436 g/mol. The molecule has 1 atom stereocenters. The summed E-state index contributed by atoms with van der Waals surface area (Å²) >= 11 is 1.75. The standard InChI is InChI=1S/C10H16OSi.C9H13.CH2.2ClH.Ti/c1-8-5-9(11)7-10(6-8)12(2,3)4;1-6-5-7(2)9(4)8(6)3;;;;/h5-7,11H,1-4H3;6H,1-4H3;1H2;2*1H;/q;-1;;;;+1. The van der Waals surface area contributed by atoms with Gasteiger partial charge in [0.1, 0.15) is 5.75 Å². The zero-order valence-electron chi connectivity index (χ0n) is 16.8. The van der Waals surface area contributed by atoms with E-state index in [0.717, 1.165) is 5.56 Å². The monoisotopic (exact) mass is 435 g/mol. The fourth-order valence-corrected chi connectivity index (χ4v) is 3.60. The first-order chi connectivity index (χ1) is 10.5. The Hall–Kier alpha value is -0.119. The van der Waals surface area contributed by atoms with Gasteiger partial charge in [-0.15, -0.1) is 31.7 Å². The first kappa shape index (κ1) is 29.6.